The van der Waals surface area contributed by atoms with Crippen molar-refractivity contribution >= 4 is 27.6 Å². The lowest BCUT2D eigenvalue weighted by atomic mass is 9.81. The van der Waals surface area contributed by atoms with Gasteiger partial charge in [-0.25, -0.2) is 22.3 Å². The number of hydrogen-bond acceptors (Lipinski definition) is 10. The first-order valence-corrected chi connectivity index (χ1v) is 12.2. The summed E-state index contributed by atoms with van der Waals surface area (Å²) in [6, 6.07) is 14.6. The van der Waals surface area contributed by atoms with Crippen LogP contribution in [0.2, 0.25) is 0 Å². The summed E-state index contributed by atoms with van der Waals surface area (Å²) >= 11 is 0. The van der Waals surface area contributed by atoms with Crippen LogP contribution in [-0.2, 0) is 29.1 Å². The van der Waals surface area contributed by atoms with E-state index < -0.39 is 27.9 Å². The molecule has 2 N–H and O–H groups in total. The van der Waals surface area contributed by atoms with E-state index in [0.717, 1.165) is 23.4 Å². The van der Waals surface area contributed by atoms with E-state index in [9.17, 15) is 23.3 Å². The van der Waals surface area contributed by atoms with Crippen molar-refractivity contribution < 1.29 is 32.2 Å². The molecule has 2 aromatic carbocycles. The standard InChI is InChI=1S/C25H26N4O7S/c1-28(2)37(32,33)19-13-16(11-12-18(19)34-3)29-22(25(31)36-5)21(24(30)35-4)20(17(14-26)23(29)27)15-9-7-6-8-10-15/h6-13,20H,27H2,1-5H3. The number of allylic oxidation sites excluding steroid dienone is 1. The van der Waals surface area contributed by atoms with Crippen LogP contribution in [0.15, 0.2) is 76.1 Å². The lowest BCUT2D eigenvalue weighted by molar-refractivity contribution is -0.139. The second-order valence-corrected chi connectivity index (χ2v) is 10.1. The molecule has 0 aromatic heterocycles. The molecule has 2 aromatic rings. The number of carbonyl (C=O) groups is 2. The molecule has 12 heteroatoms. The molecule has 0 aliphatic carbocycles. The van der Waals surface area contributed by atoms with Gasteiger partial charge in [-0.15, -0.1) is 0 Å². The third kappa shape index (κ3) is 4.74. The maximum atomic E-state index is 13.2. The Morgan fingerprint density at radius 1 is 1.03 bits per heavy atom. The van der Waals surface area contributed by atoms with E-state index in [1.165, 1.54) is 39.4 Å². The van der Waals surface area contributed by atoms with E-state index >= 15 is 0 Å². The molecule has 194 valence electrons. The minimum Gasteiger partial charge on any atom is -0.495 e. The van der Waals surface area contributed by atoms with Crippen molar-refractivity contribution in [1.82, 2.24) is 4.31 Å². The number of anilines is 1. The van der Waals surface area contributed by atoms with Crippen molar-refractivity contribution in [3.05, 3.63) is 76.8 Å². The first-order chi connectivity index (χ1) is 17.5. The average Bonchev–Trinajstić information content (AvgIpc) is 2.91. The molecule has 11 nitrogen and oxygen atoms in total. The molecule has 0 spiro atoms. The molecule has 3 rings (SSSR count). The van der Waals surface area contributed by atoms with E-state index in [1.807, 2.05) is 6.07 Å². The van der Waals surface area contributed by atoms with Gasteiger partial charge < -0.3 is 19.9 Å². The number of esters is 2. The van der Waals surface area contributed by atoms with Crippen LogP contribution in [0.5, 0.6) is 5.75 Å². The minimum atomic E-state index is -4.01. The fourth-order valence-corrected chi connectivity index (χ4v) is 5.05. The number of rotatable bonds is 7. The molecular formula is C25H26N4O7S. The smallest absolute Gasteiger partial charge is 0.355 e. The Hall–Kier alpha value is -4.34. The molecule has 0 bridgehead atoms. The van der Waals surface area contributed by atoms with Crippen molar-refractivity contribution in [2.75, 3.05) is 40.3 Å². The van der Waals surface area contributed by atoms with Gasteiger partial charge >= 0.3 is 11.9 Å². The number of benzene rings is 2. The van der Waals surface area contributed by atoms with E-state index in [2.05, 4.69) is 0 Å². The number of methoxy groups -OCH3 is 3. The van der Waals surface area contributed by atoms with Gasteiger partial charge in [-0.05, 0) is 23.8 Å². The Morgan fingerprint density at radius 3 is 2.16 bits per heavy atom. The number of nitrogens with two attached hydrogens (primary N) is 1. The van der Waals surface area contributed by atoms with Gasteiger partial charge in [0.1, 0.15) is 22.2 Å². The maximum absolute atomic E-state index is 13.2. The van der Waals surface area contributed by atoms with Gasteiger partial charge in [0.2, 0.25) is 10.0 Å². The van der Waals surface area contributed by atoms with Gasteiger partial charge in [0, 0.05) is 19.8 Å². The Bertz CT molecular complexity index is 1440. The van der Waals surface area contributed by atoms with Crippen LogP contribution in [0.3, 0.4) is 0 Å². The van der Waals surface area contributed by atoms with E-state index in [0.29, 0.717) is 5.56 Å². The Balaban J connectivity index is 2.45. The van der Waals surface area contributed by atoms with Gasteiger partial charge in [-0.2, -0.15) is 5.26 Å². The van der Waals surface area contributed by atoms with Crippen molar-refractivity contribution in [2.24, 2.45) is 5.73 Å². The number of hydrogen-bond donors (Lipinski definition) is 1. The Morgan fingerprint density at radius 2 is 1.65 bits per heavy atom. The molecule has 1 aliphatic heterocycles. The lowest BCUT2D eigenvalue weighted by Gasteiger charge is -2.36. The molecule has 0 fully saturated rings. The Labute approximate surface area is 215 Å². The van der Waals surface area contributed by atoms with Gasteiger partial charge in [0.25, 0.3) is 0 Å². The summed E-state index contributed by atoms with van der Waals surface area (Å²) in [4.78, 5) is 27.2. The van der Waals surface area contributed by atoms with Gasteiger partial charge in [-0.3, -0.25) is 4.90 Å². The van der Waals surface area contributed by atoms with E-state index in [1.54, 1.807) is 30.3 Å². The number of sulfonamides is 1. The predicted molar refractivity (Wildman–Crippen MR) is 133 cm³/mol. The molecular weight excluding hydrogens is 500 g/mol. The summed E-state index contributed by atoms with van der Waals surface area (Å²) in [5.74, 6) is -3.05. The van der Waals surface area contributed by atoms with Crippen molar-refractivity contribution in [3.63, 3.8) is 0 Å². The van der Waals surface area contributed by atoms with Crippen LogP contribution in [0.1, 0.15) is 11.5 Å². The second-order valence-electron chi connectivity index (χ2n) is 7.96. The SMILES string of the molecule is COC(=O)C1=C(C(=O)OC)N(c2ccc(OC)c(S(=O)(=O)N(C)C)c2)C(N)=C(C#N)C1c1ccccc1. The van der Waals surface area contributed by atoms with Gasteiger partial charge in [-0.1, -0.05) is 30.3 Å². The number of nitriles is 1. The lowest BCUT2D eigenvalue weighted by Crippen LogP contribution is -2.40. The summed E-state index contributed by atoms with van der Waals surface area (Å²) in [7, 11) is 2.26. The first-order valence-electron chi connectivity index (χ1n) is 10.8. The molecule has 0 saturated carbocycles. The van der Waals surface area contributed by atoms with Gasteiger partial charge in [0.15, 0.2) is 0 Å². The Kier molecular flexibility index (Phi) is 7.90. The molecule has 37 heavy (non-hydrogen) atoms. The number of ether oxygens (including phenoxy) is 3. The molecule has 0 amide bonds. The molecule has 1 atom stereocenters. The van der Waals surface area contributed by atoms with Crippen molar-refractivity contribution in [2.45, 2.75) is 10.8 Å². The molecule has 0 saturated heterocycles. The third-order valence-electron chi connectivity index (χ3n) is 5.77. The van der Waals surface area contributed by atoms with Crippen molar-refractivity contribution in [3.8, 4) is 11.8 Å². The fraction of sp³-hybridized carbons (Fsp3) is 0.240. The highest BCUT2D eigenvalue weighted by atomic mass is 32.2. The fourth-order valence-electron chi connectivity index (χ4n) is 3.98. The molecule has 0 radical (unpaired) electrons. The monoisotopic (exact) mass is 526 g/mol. The zero-order valence-electron chi connectivity index (χ0n) is 20.9. The molecule has 1 unspecified atom stereocenters. The summed E-state index contributed by atoms with van der Waals surface area (Å²) in [6.07, 6.45) is 0. The average molecular weight is 527 g/mol. The molecule has 1 heterocycles. The van der Waals surface area contributed by atoms with E-state index in [4.69, 9.17) is 19.9 Å². The van der Waals surface area contributed by atoms with Crippen LogP contribution in [0.25, 0.3) is 0 Å². The second kappa shape index (κ2) is 10.7. The molecule has 1 aliphatic rings. The van der Waals surface area contributed by atoms with Crippen molar-refractivity contribution in [1.29, 1.82) is 5.26 Å². The number of carbonyl (C=O) groups excluding carboxylic acids is 2. The maximum Gasteiger partial charge on any atom is 0.355 e. The van der Waals surface area contributed by atoms with Crippen LogP contribution < -0.4 is 15.4 Å². The van der Waals surface area contributed by atoms with Crippen LogP contribution in [0, 0.1) is 11.3 Å². The normalized spacial score (nSPS) is 15.9. The quantitative estimate of drug-likeness (QED) is 0.529. The summed E-state index contributed by atoms with van der Waals surface area (Å²) in [5.41, 5.74) is 6.48. The van der Waals surface area contributed by atoms with E-state index in [-0.39, 0.29) is 39.0 Å². The van der Waals surface area contributed by atoms with Crippen LogP contribution in [-0.4, -0.2) is 60.1 Å². The predicted octanol–water partition coefficient (Wildman–Crippen LogP) is 1.84. The minimum absolute atomic E-state index is 0.0384. The highest BCUT2D eigenvalue weighted by Gasteiger charge is 2.43. The first kappa shape index (κ1) is 27.3. The topological polar surface area (TPSA) is 152 Å². The third-order valence-corrected chi connectivity index (χ3v) is 7.61. The number of nitrogens with zero attached hydrogens (tertiary/aromatic N) is 3. The summed E-state index contributed by atoms with van der Waals surface area (Å²) in [5, 5.41) is 10.1. The summed E-state index contributed by atoms with van der Waals surface area (Å²) < 4.78 is 42.3. The summed E-state index contributed by atoms with van der Waals surface area (Å²) in [6.45, 7) is 0. The van der Waals surface area contributed by atoms with Crippen LogP contribution in [0.4, 0.5) is 5.69 Å². The highest BCUT2D eigenvalue weighted by Crippen LogP contribution is 2.44. The zero-order valence-corrected chi connectivity index (χ0v) is 21.7. The zero-order chi connectivity index (χ0) is 27.5. The largest absolute Gasteiger partial charge is 0.495 e. The highest BCUT2D eigenvalue weighted by molar-refractivity contribution is 7.89. The van der Waals surface area contributed by atoms with Gasteiger partial charge in [0.05, 0.1) is 44.5 Å². The van der Waals surface area contributed by atoms with Crippen LogP contribution >= 0.6 is 0 Å².